The number of rotatable bonds is 8. The van der Waals surface area contributed by atoms with Crippen molar-refractivity contribution in [2.75, 3.05) is 5.32 Å². The Kier molecular flexibility index (Phi) is 6.48. The first-order valence-corrected chi connectivity index (χ1v) is 12.8. The fraction of sp³-hybridized carbons (Fsp3) is 0.241. The molecule has 0 spiro atoms. The Morgan fingerprint density at radius 2 is 1.95 bits per heavy atom. The molecular formula is C29H24FN3O3S. The van der Waals surface area contributed by atoms with Crippen LogP contribution in [-0.2, 0) is 16.6 Å². The van der Waals surface area contributed by atoms with Crippen molar-refractivity contribution in [1.82, 2.24) is 4.98 Å². The number of ketones is 1. The molecule has 186 valence electrons. The number of hydrogen-bond donors (Lipinski definition) is 1. The van der Waals surface area contributed by atoms with E-state index in [0.29, 0.717) is 27.5 Å². The first-order valence-electron chi connectivity index (χ1n) is 11.9. The number of amides is 1. The van der Waals surface area contributed by atoms with Gasteiger partial charge < -0.3 is 10.1 Å². The largest absolute Gasteiger partial charge is 0.454 e. The average Bonchev–Trinajstić information content (AvgIpc) is 3.66. The molecule has 1 aromatic heterocycles. The van der Waals surface area contributed by atoms with E-state index < -0.39 is 11.2 Å². The number of nitrogens with zero attached hydrogens (tertiary/aromatic N) is 2. The topological polar surface area (TPSA) is 92.1 Å². The van der Waals surface area contributed by atoms with Crippen molar-refractivity contribution >= 4 is 38.9 Å². The zero-order valence-corrected chi connectivity index (χ0v) is 21.2. The van der Waals surface area contributed by atoms with Gasteiger partial charge in [-0.3, -0.25) is 9.59 Å². The minimum atomic E-state index is -0.721. The highest BCUT2D eigenvalue weighted by atomic mass is 32.1. The lowest BCUT2D eigenvalue weighted by molar-refractivity contribution is -0.119. The van der Waals surface area contributed by atoms with Crippen LogP contribution in [0.25, 0.3) is 10.2 Å². The number of carbonyl (C=O) groups excluding carboxylic acids is 2. The molecule has 1 amide bonds. The molecule has 1 N–H and O–H groups in total. The quantitative estimate of drug-likeness (QED) is 0.280. The molecule has 1 saturated carbocycles. The molecule has 1 heterocycles. The van der Waals surface area contributed by atoms with Gasteiger partial charge in [-0.15, -0.1) is 11.3 Å². The van der Waals surface area contributed by atoms with Crippen molar-refractivity contribution in [3.05, 3.63) is 82.6 Å². The highest BCUT2D eigenvalue weighted by molar-refractivity contribution is 7.18. The maximum absolute atomic E-state index is 14.8. The Bertz CT molecular complexity index is 1570. The van der Waals surface area contributed by atoms with E-state index in [-0.39, 0.29) is 29.8 Å². The number of halogens is 1. The van der Waals surface area contributed by atoms with Gasteiger partial charge in [-0.1, -0.05) is 18.2 Å². The Balaban J connectivity index is 1.31. The molecule has 0 radical (unpaired) electrons. The van der Waals surface area contributed by atoms with Gasteiger partial charge in [0.25, 0.3) is 5.91 Å². The van der Waals surface area contributed by atoms with Gasteiger partial charge in [0.1, 0.15) is 16.5 Å². The molecule has 8 heteroatoms. The molecule has 1 aliphatic rings. The van der Waals surface area contributed by atoms with Crippen LogP contribution in [0, 0.1) is 23.1 Å². The van der Waals surface area contributed by atoms with Crippen molar-refractivity contribution in [1.29, 1.82) is 5.26 Å². The number of nitrogens with one attached hydrogen (secondary N) is 1. The molecule has 1 fully saturated rings. The van der Waals surface area contributed by atoms with Crippen LogP contribution < -0.4 is 10.1 Å². The summed E-state index contributed by atoms with van der Waals surface area (Å²) < 4.78 is 21.3. The molecule has 37 heavy (non-hydrogen) atoms. The maximum atomic E-state index is 14.8. The summed E-state index contributed by atoms with van der Waals surface area (Å²) in [5, 5.41) is 12.9. The van der Waals surface area contributed by atoms with Crippen LogP contribution in [0.1, 0.15) is 47.6 Å². The van der Waals surface area contributed by atoms with Crippen LogP contribution in [0.15, 0.2) is 60.7 Å². The summed E-state index contributed by atoms with van der Waals surface area (Å²) in [6.45, 7) is 3.59. The Labute approximate surface area is 217 Å². The van der Waals surface area contributed by atoms with E-state index in [4.69, 9.17) is 4.74 Å². The van der Waals surface area contributed by atoms with E-state index in [1.807, 2.05) is 6.07 Å². The van der Waals surface area contributed by atoms with Crippen LogP contribution in [0.4, 0.5) is 10.1 Å². The standard InChI is InChI=1S/C29H24FN3O3S/c1-29(2,16-31)19-6-3-5-18(11-19)28(35)32-20-7-4-8-21(12-20)36-25-15-26-23(13-22(25)30)33-27(37-26)14-24(34)17-9-10-17/h3-8,11-13,15,17H,9-10,14H2,1-2H3,(H,32,35). The molecule has 1 aliphatic carbocycles. The number of benzene rings is 3. The summed E-state index contributed by atoms with van der Waals surface area (Å²) in [7, 11) is 0. The maximum Gasteiger partial charge on any atom is 0.255 e. The number of fused-ring (bicyclic) bond motifs is 1. The second kappa shape index (κ2) is 9.75. The number of thiazole rings is 1. The lowest BCUT2D eigenvalue weighted by atomic mass is 9.85. The highest BCUT2D eigenvalue weighted by Gasteiger charge is 2.30. The zero-order chi connectivity index (χ0) is 26.2. The smallest absolute Gasteiger partial charge is 0.255 e. The third-order valence-electron chi connectivity index (χ3n) is 6.29. The molecule has 4 aromatic rings. The predicted molar refractivity (Wildman–Crippen MR) is 141 cm³/mol. The van der Waals surface area contributed by atoms with Crippen LogP contribution in [0.2, 0.25) is 0 Å². The van der Waals surface area contributed by atoms with E-state index in [2.05, 4.69) is 16.4 Å². The Morgan fingerprint density at radius 3 is 2.70 bits per heavy atom. The Hall–Kier alpha value is -4.09. The van der Waals surface area contributed by atoms with E-state index >= 15 is 0 Å². The van der Waals surface area contributed by atoms with E-state index in [1.54, 1.807) is 62.4 Å². The van der Waals surface area contributed by atoms with Crippen molar-refractivity contribution in [3.63, 3.8) is 0 Å². The lowest BCUT2D eigenvalue weighted by Crippen LogP contribution is -2.17. The highest BCUT2D eigenvalue weighted by Crippen LogP contribution is 2.35. The summed E-state index contributed by atoms with van der Waals surface area (Å²) in [6, 6.07) is 18.8. The third kappa shape index (κ3) is 5.52. The van der Waals surface area contributed by atoms with E-state index in [1.165, 1.54) is 17.4 Å². The minimum absolute atomic E-state index is 0.0335. The van der Waals surface area contributed by atoms with Crippen molar-refractivity contribution < 1.29 is 18.7 Å². The number of hydrogen-bond acceptors (Lipinski definition) is 6. The second-order valence-corrected chi connectivity index (χ2v) is 10.8. The minimum Gasteiger partial charge on any atom is -0.454 e. The normalized spacial score (nSPS) is 13.2. The van der Waals surface area contributed by atoms with Crippen LogP contribution in [0.3, 0.4) is 0 Å². The number of ether oxygens (including phenoxy) is 1. The van der Waals surface area contributed by atoms with Crippen LogP contribution >= 0.6 is 11.3 Å². The second-order valence-electron chi connectivity index (χ2n) is 9.68. The van der Waals surface area contributed by atoms with Crippen molar-refractivity contribution in [2.24, 2.45) is 5.92 Å². The first-order chi connectivity index (χ1) is 17.7. The predicted octanol–water partition coefficient (Wildman–Crippen LogP) is 6.80. The average molecular weight is 514 g/mol. The molecule has 0 aliphatic heterocycles. The summed E-state index contributed by atoms with van der Waals surface area (Å²) in [6.07, 6.45) is 2.17. The third-order valence-corrected chi connectivity index (χ3v) is 7.31. The fourth-order valence-electron chi connectivity index (χ4n) is 3.91. The van der Waals surface area contributed by atoms with Gasteiger partial charge in [-0.05, 0) is 56.5 Å². The van der Waals surface area contributed by atoms with Crippen molar-refractivity contribution in [3.8, 4) is 17.6 Å². The molecule has 3 aromatic carbocycles. The summed E-state index contributed by atoms with van der Waals surface area (Å²) in [4.78, 5) is 29.4. The lowest BCUT2D eigenvalue weighted by Gasteiger charge is -2.16. The molecule has 0 saturated heterocycles. The number of Topliss-reactive ketones (excluding diaryl/α,β-unsaturated/α-hetero) is 1. The van der Waals surface area contributed by atoms with Gasteiger partial charge in [-0.25, -0.2) is 9.37 Å². The monoisotopic (exact) mass is 513 g/mol. The first kappa shape index (κ1) is 24.6. The van der Waals surface area contributed by atoms with Crippen molar-refractivity contribution in [2.45, 2.75) is 38.5 Å². The molecule has 6 nitrogen and oxygen atoms in total. The number of anilines is 1. The zero-order valence-electron chi connectivity index (χ0n) is 20.4. The number of aromatic nitrogens is 1. The fourth-order valence-corrected chi connectivity index (χ4v) is 4.90. The van der Waals surface area contributed by atoms with E-state index in [9.17, 15) is 19.2 Å². The van der Waals surface area contributed by atoms with Gasteiger partial charge >= 0.3 is 0 Å². The summed E-state index contributed by atoms with van der Waals surface area (Å²) in [5.41, 5.74) is 1.42. The number of carbonyl (C=O) groups is 2. The molecule has 5 rings (SSSR count). The van der Waals surface area contributed by atoms with E-state index in [0.717, 1.165) is 23.1 Å². The number of nitriles is 1. The van der Waals surface area contributed by atoms with Gasteiger partial charge in [0.2, 0.25) is 0 Å². The molecular weight excluding hydrogens is 489 g/mol. The molecule has 0 unspecified atom stereocenters. The SMILES string of the molecule is CC(C)(C#N)c1cccc(C(=O)Nc2cccc(Oc3cc4sc(CC(=O)C5CC5)nc4cc3F)c2)c1. The molecule has 0 atom stereocenters. The van der Waals surface area contributed by atoms with Gasteiger partial charge in [0.15, 0.2) is 11.6 Å². The summed E-state index contributed by atoms with van der Waals surface area (Å²) in [5.74, 6) is -0.170. The van der Waals surface area contributed by atoms with Gasteiger partial charge in [-0.2, -0.15) is 5.26 Å². The Morgan fingerprint density at radius 1 is 1.16 bits per heavy atom. The van der Waals surface area contributed by atoms with Crippen LogP contribution in [-0.4, -0.2) is 16.7 Å². The van der Waals surface area contributed by atoms with Gasteiger partial charge in [0, 0.05) is 35.4 Å². The van der Waals surface area contributed by atoms with Gasteiger partial charge in [0.05, 0.1) is 28.1 Å². The summed E-state index contributed by atoms with van der Waals surface area (Å²) >= 11 is 1.36. The molecule has 0 bridgehead atoms. The van der Waals surface area contributed by atoms with Crippen LogP contribution in [0.5, 0.6) is 11.5 Å².